The van der Waals surface area contributed by atoms with Crippen molar-refractivity contribution < 1.29 is 19.1 Å². The number of nitriles is 1. The number of benzene rings is 2. The van der Waals surface area contributed by atoms with Gasteiger partial charge in [0.25, 0.3) is 0 Å². The summed E-state index contributed by atoms with van der Waals surface area (Å²) in [5.41, 5.74) is 1.35. The standard InChI is InChI=1S/C23H22N4O4S/c1-2-3-13-31-22(30)16-9-11-18(12-10-16)27-20(28)14-19(21(27)29)32-23(25-15-24)26-17-7-5-4-6-8-17/h4-12,19H,2-3,13-14H2,1H3,(H,25,26)/t19-/m1/s1. The van der Waals surface area contributed by atoms with Crippen molar-refractivity contribution in [1.29, 1.82) is 5.26 Å². The Morgan fingerprint density at radius 3 is 2.59 bits per heavy atom. The van der Waals surface area contributed by atoms with Gasteiger partial charge in [0.05, 0.1) is 23.5 Å². The number of nitrogens with one attached hydrogen (secondary N) is 1. The Labute approximate surface area is 190 Å². The Hall–Kier alpha value is -3.64. The number of ether oxygens (including phenoxy) is 1. The lowest BCUT2D eigenvalue weighted by atomic mass is 10.2. The zero-order valence-electron chi connectivity index (χ0n) is 17.5. The third-order valence-corrected chi connectivity index (χ3v) is 5.67. The minimum Gasteiger partial charge on any atom is -0.462 e. The topological polar surface area (TPSA) is 112 Å². The van der Waals surface area contributed by atoms with Gasteiger partial charge in [0.1, 0.15) is 5.25 Å². The van der Waals surface area contributed by atoms with Crippen molar-refractivity contribution in [3.8, 4) is 6.19 Å². The zero-order valence-corrected chi connectivity index (χ0v) is 18.3. The van der Waals surface area contributed by atoms with Gasteiger partial charge in [-0.3, -0.25) is 14.9 Å². The first-order valence-electron chi connectivity index (χ1n) is 10.1. The summed E-state index contributed by atoms with van der Waals surface area (Å²) >= 11 is 1.03. The Kier molecular flexibility index (Phi) is 8.00. The fraction of sp³-hybridized carbons (Fsp3) is 0.261. The number of amides is 2. The monoisotopic (exact) mass is 450 g/mol. The van der Waals surface area contributed by atoms with Gasteiger partial charge < -0.3 is 4.74 Å². The molecule has 1 N–H and O–H groups in total. The van der Waals surface area contributed by atoms with Gasteiger partial charge in [-0.2, -0.15) is 5.26 Å². The van der Waals surface area contributed by atoms with Crippen LogP contribution in [0.25, 0.3) is 0 Å². The maximum absolute atomic E-state index is 12.9. The second-order valence-electron chi connectivity index (χ2n) is 6.90. The number of para-hydroxylation sites is 1. The predicted octanol–water partition coefficient (Wildman–Crippen LogP) is 3.77. The summed E-state index contributed by atoms with van der Waals surface area (Å²) < 4.78 is 5.17. The van der Waals surface area contributed by atoms with E-state index in [1.807, 2.05) is 31.3 Å². The Morgan fingerprint density at radius 2 is 1.94 bits per heavy atom. The van der Waals surface area contributed by atoms with Crippen LogP contribution in [0.15, 0.2) is 59.6 Å². The van der Waals surface area contributed by atoms with Gasteiger partial charge in [-0.05, 0) is 42.8 Å². The molecule has 2 amide bonds. The Bertz CT molecular complexity index is 1050. The van der Waals surface area contributed by atoms with E-state index in [9.17, 15) is 14.4 Å². The molecule has 0 spiro atoms. The Balaban J connectivity index is 1.70. The molecular formula is C23H22N4O4S. The van der Waals surface area contributed by atoms with Crippen molar-refractivity contribution in [2.45, 2.75) is 31.4 Å². The maximum atomic E-state index is 12.9. The molecule has 1 aliphatic rings. The second-order valence-corrected chi connectivity index (χ2v) is 8.10. The number of unbranched alkanes of at least 4 members (excludes halogenated alkanes) is 1. The number of carbonyl (C=O) groups excluding carboxylic acids is 3. The van der Waals surface area contributed by atoms with Crippen LogP contribution in [-0.2, 0) is 14.3 Å². The van der Waals surface area contributed by atoms with E-state index in [4.69, 9.17) is 10.00 Å². The zero-order chi connectivity index (χ0) is 22.9. The van der Waals surface area contributed by atoms with Crippen LogP contribution in [0.1, 0.15) is 36.5 Å². The van der Waals surface area contributed by atoms with Gasteiger partial charge in [-0.25, -0.2) is 14.7 Å². The van der Waals surface area contributed by atoms with Crippen molar-refractivity contribution in [3.63, 3.8) is 0 Å². The molecule has 1 heterocycles. The molecule has 0 aromatic heterocycles. The number of rotatable bonds is 7. The average Bonchev–Trinajstić information content (AvgIpc) is 3.07. The molecule has 2 aromatic carbocycles. The molecule has 1 fully saturated rings. The molecule has 3 rings (SSSR count). The van der Waals surface area contributed by atoms with Crippen LogP contribution in [0.5, 0.6) is 0 Å². The summed E-state index contributed by atoms with van der Waals surface area (Å²) in [4.78, 5) is 43.0. The third-order valence-electron chi connectivity index (χ3n) is 4.60. The van der Waals surface area contributed by atoms with E-state index in [0.29, 0.717) is 23.5 Å². The minimum absolute atomic E-state index is 0.0226. The first kappa shape index (κ1) is 23.0. The number of hydrogen-bond donors (Lipinski definition) is 1. The first-order chi connectivity index (χ1) is 15.5. The van der Waals surface area contributed by atoms with E-state index >= 15 is 0 Å². The second kappa shape index (κ2) is 11.1. The molecular weight excluding hydrogens is 428 g/mol. The van der Waals surface area contributed by atoms with Crippen molar-refractivity contribution in [3.05, 3.63) is 60.2 Å². The molecule has 8 nitrogen and oxygen atoms in total. The van der Waals surface area contributed by atoms with Crippen LogP contribution in [0.2, 0.25) is 0 Å². The lowest BCUT2D eigenvalue weighted by Crippen LogP contribution is -2.32. The number of imide groups is 1. The molecule has 1 saturated heterocycles. The molecule has 164 valence electrons. The fourth-order valence-electron chi connectivity index (χ4n) is 2.99. The number of esters is 1. The van der Waals surface area contributed by atoms with E-state index < -0.39 is 17.1 Å². The van der Waals surface area contributed by atoms with Crippen LogP contribution in [-0.4, -0.2) is 34.8 Å². The summed E-state index contributed by atoms with van der Waals surface area (Å²) in [6.07, 6.45) is 3.50. The summed E-state index contributed by atoms with van der Waals surface area (Å²) in [6, 6.07) is 15.2. The first-order valence-corrected chi connectivity index (χ1v) is 11.0. The van der Waals surface area contributed by atoms with Crippen molar-refractivity contribution in [2.75, 3.05) is 11.5 Å². The van der Waals surface area contributed by atoms with Crippen LogP contribution >= 0.6 is 11.8 Å². The highest BCUT2D eigenvalue weighted by Crippen LogP contribution is 2.31. The number of carbonyl (C=O) groups is 3. The fourth-order valence-corrected chi connectivity index (χ4v) is 3.96. The number of nitrogens with zero attached hydrogens (tertiary/aromatic N) is 3. The molecule has 1 atom stereocenters. The van der Waals surface area contributed by atoms with Gasteiger partial charge in [-0.1, -0.05) is 43.3 Å². The lowest BCUT2D eigenvalue weighted by Gasteiger charge is -2.15. The van der Waals surface area contributed by atoms with Crippen molar-refractivity contribution in [2.24, 2.45) is 4.99 Å². The minimum atomic E-state index is -0.718. The van der Waals surface area contributed by atoms with Crippen LogP contribution in [0.4, 0.5) is 11.4 Å². The van der Waals surface area contributed by atoms with Crippen LogP contribution < -0.4 is 10.2 Å². The van der Waals surface area contributed by atoms with Gasteiger partial charge in [-0.15, -0.1) is 0 Å². The quantitative estimate of drug-likeness (QED) is 0.130. The largest absolute Gasteiger partial charge is 0.462 e. The van der Waals surface area contributed by atoms with Gasteiger partial charge >= 0.3 is 5.97 Å². The summed E-state index contributed by atoms with van der Waals surface area (Å²) in [6.45, 7) is 2.35. The lowest BCUT2D eigenvalue weighted by molar-refractivity contribution is -0.121. The molecule has 0 bridgehead atoms. The molecule has 0 radical (unpaired) electrons. The Morgan fingerprint density at radius 1 is 1.22 bits per heavy atom. The van der Waals surface area contributed by atoms with Crippen molar-refractivity contribution in [1.82, 2.24) is 5.32 Å². The third kappa shape index (κ3) is 5.74. The number of hydrogen-bond acceptors (Lipinski definition) is 7. The number of aliphatic imine (C=N–C) groups is 1. The average molecular weight is 451 g/mol. The molecule has 0 unspecified atom stereocenters. The molecule has 2 aromatic rings. The number of amidine groups is 1. The van der Waals surface area contributed by atoms with Gasteiger partial charge in [0.15, 0.2) is 11.4 Å². The maximum Gasteiger partial charge on any atom is 0.338 e. The molecule has 0 aliphatic carbocycles. The smallest absolute Gasteiger partial charge is 0.338 e. The highest BCUT2D eigenvalue weighted by atomic mass is 32.2. The normalized spacial score (nSPS) is 16.1. The van der Waals surface area contributed by atoms with E-state index in [2.05, 4.69) is 10.3 Å². The summed E-state index contributed by atoms with van der Waals surface area (Å²) in [5, 5.41) is 11.0. The van der Waals surface area contributed by atoms with Gasteiger partial charge in [0, 0.05) is 6.42 Å². The van der Waals surface area contributed by atoms with E-state index in [0.717, 1.165) is 29.5 Å². The van der Waals surface area contributed by atoms with Crippen molar-refractivity contribution >= 4 is 46.1 Å². The number of thioether (sulfide) groups is 1. The number of anilines is 1. The highest BCUT2D eigenvalue weighted by molar-refractivity contribution is 8.15. The predicted molar refractivity (Wildman–Crippen MR) is 122 cm³/mol. The van der Waals surface area contributed by atoms with Crippen LogP contribution in [0.3, 0.4) is 0 Å². The van der Waals surface area contributed by atoms with E-state index in [-0.39, 0.29) is 17.5 Å². The molecule has 9 heteroatoms. The summed E-state index contributed by atoms with van der Waals surface area (Å²) in [7, 11) is 0. The van der Waals surface area contributed by atoms with E-state index in [1.54, 1.807) is 24.3 Å². The van der Waals surface area contributed by atoms with Crippen LogP contribution in [0, 0.1) is 11.5 Å². The SMILES string of the molecule is CCCCOC(=O)c1ccc(N2C(=O)C[C@@H](SC(=Nc3ccccc3)NC#N)C2=O)cc1. The molecule has 0 saturated carbocycles. The molecule has 1 aliphatic heterocycles. The molecule has 32 heavy (non-hydrogen) atoms. The summed E-state index contributed by atoms with van der Waals surface area (Å²) in [5.74, 6) is -1.21. The highest BCUT2D eigenvalue weighted by Gasteiger charge is 2.40. The van der Waals surface area contributed by atoms with E-state index in [1.165, 1.54) is 12.1 Å². The van der Waals surface area contributed by atoms with Gasteiger partial charge in [0.2, 0.25) is 11.8 Å².